The zero-order valence-corrected chi connectivity index (χ0v) is 13.5. The maximum Gasteiger partial charge on any atom is 0.242 e. The van der Waals surface area contributed by atoms with Crippen molar-refractivity contribution in [3.63, 3.8) is 0 Å². The van der Waals surface area contributed by atoms with Gasteiger partial charge in [0.15, 0.2) is 5.17 Å². The molecule has 0 saturated carbocycles. The Morgan fingerprint density at radius 1 is 1.45 bits per heavy atom. The number of halogens is 1. The van der Waals surface area contributed by atoms with Gasteiger partial charge in [-0.1, -0.05) is 27.7 Å². The summed E-state index contributed by atoms with van der Waals surface area (Å²) in [5.74, 6) is -0.259. The van der Waals surface area contributed by atoms with Crippen LogP contribution in [0.25, 0.3) is 0 Å². The summed E-state index contributed by atoms with van der Waals surface area (Å²) in [5.41, 5.74) is 0.714. The van der Waals surface area contributed by atoms with Gasteiger partial charge in [-0.2, -0.15) is 0 Å². The van der Waals surface area contributed by atoms with E-state index in [0.29, 0.717) is 10.9 Å². The quantitative estimate of drug-likeness (QED) is 0.904. The van der Waals surface area contributed by atoms with Crippen LogP contribution in [0.4, 0.5) is 5.69 Å². The lowest BCUT2D eigenvalue weighted by Gasteiger charge is -2.09. The SMILES string of the molecule is CN=C1SC(CC(=O)Nc2ccc(Br)cc2)C(=O)N1C. The molecule has 5 nitrogen and oxygen atoms in total. The molecule has 2 rings (SSSR count). The fourth-order valence-corrected chi connectivity index (χ4v) is 3.18. The first-order valence-electron chi connectivity index (χ1n) is 5.97. The minimum atomic E-state index is -0.394. The molecule has 7 heteroatoms. The Bertz CT molecular complexity index is 559. The fraction of sp³-hybridized carbons (Fsp3) is 0.308. The van der Waals surface area contributed by atoms with E-state index in [-0.39, 0.29) is 18.2 Å². The molecule has 2 amide bonds. The van der Waals surface area contributed by atoms with Crippen molar-refractivity contribution in [1.29, 1.82) is 0 Å². The Labute approximate surface area is 129 Å². The third-order valence-electron chi connectivity index (χ3n) is 2.83. The average Bonchev–Trinajstić information content (AvgIpc) is 2.69. The lowest BCUT2D eigenvalue weighted by Crippen LogP contribution is -2.30. The van der Waals surface area contributed by atoms with Gasteiger partial charge >= 0.3 is 0 Å². The van der Waals surface area contributed by atoms with Gasteiger partial charge < -0.3 is 5.32 Å². The number of amides is 2. The average molecular weight is 356 g/mol. The normalized spacial score (nSPS) is 20.6. The summed E-state index contributed by atoms with van der Waals surface area (Å²) in [6.07, 6.45) is 0.142. The van der Waals surface area contributed by atoms with Gasteiger partial charge in [-0.3, -0.25) is 19.5 Å². The molecule has 1 unspecified atom stereocenters. The van der Waals surface area contributed by atoms with Gasteiger partial charge in [0.25, 0.3) is 0 Å². The second kappa shape index (κ2) is 6.41. The largest absolute Gasteiger partial charge is 0.326 e. The topological polar surface area (TPSA) is 61.8 Å². The number of nitrogens with zero attached hydrogens (tertiary/aromatic N) is 2. The molecule has 0 spiro atoms. The second-order valence-corrected chi connectivity index (χ2v) is 6.35. The van der Waals surface area contributed by atoms with Crippen molar-refractivity contribution in [3.8, 4) is 0 Å². The van der Waals surface area contributed by atoms with Crippen LogP contribution in [0.15, 0.2) is 33.7 Å². The number of rotatable bonds is 3. The summed E-state index contributed by atoms with van der Waals surface area (Å²) in [6, 6.07) is 7.30. The number of thioether (sulfide) groups is 1. The zero-order chi connectivity index (χ0) is 14.7. The number of carbonyl (C=O) groups is 2. The number of nitrogens with one attached hydrogen (secondary N) is 1. The van der Waals surface area contributed by atoms with E-state index in [1.165, 1.54) is 16.7 Å². The van der Waals surface area contributed by atoms with E-state index in [4.69, 9.17) is 0 Å². The fourth-order valence-electron chi connectivity index (χ4n) is 1.81. The van der Waals surface area contributed by atoms with Crippen LogP contribution in [0.3, 0.4) is 0 Å². The molecule has 1 fully saturated rings. The highest BCUT2D eigenvalue weighted by molar-refractivity contribution is 9.10. The van der Waals surface area contributed by atoms with Crippen molar-refractivity contribution in [2.45, 2.75) is 11.7 Å². The summed E-state index contributed by atoms with van der Waals surface area (Å²) in [7, 11) is 3.31. The van der Waals surface area contributed by atoms with Crippen LogP contribution >= 0.6 is 27.7 Å². The highest BCUT2D eigenvalue weighted by atomic mass is 79.9. The highest BCUT2D eigenvalue weighted by Gasteiger charge is 2.36. The number of amidine groups is 1. The second-order valence-electron chi connectivity index (χ2n) is 4.27. The number of carbonyl (C=O) groups excluding carboxylic acids is 2. The van der Waals surface area contributed by atoms with Crippen molar-refractivity contribution >= 4 is 50.4 Å². The molecule has 0 radical (unpaired) electrons. The molecule has 0 aliphatic carbocycles. The van der Waals surface area contributed by atoms with Crippen LogP contribution in [0, 0.1) is 0 Å². The highest BCUT2D eigenvalue weighted by Crippen LogP contribution is 2.28. The summed E-state index contributed by atoms with van der Waals surface area (Å²) >= 11 is 4.66. The predicted molar refractivity (Wildman–Crippen MR) is 84.9 cm³/mol. The van der Waals surface area contributed by atoms with Gasteiger partial charge in [0.1, 0.15) is 5.25 Å². The van der Waals surface area contributed by atoms with Gasteiger partial charge in [-0.05, 0) is 24.3 Å². The third kappa shape index (κ3) is 3.40. The molecule has 1 heterocycles. The van der Waals surface area contributed by atoms with E-state index in [2.05, 4.69) is 26.2 Å². The molecule has 0 bridgehead atoms. The monoisotopic (exact) mass is 355 g/mol. The molecule has 106 valence electrons. The third-order valence-corrected chi connectivity index (χ3v) is 4.68. The van der Waals surface area contributed by atoms with Crippen molar-refractivity contribution in [1.82, 2.24) is 4.90 Å². The molecule has 1 aromatic rings. The lowest BCUT2D eigenvalue weighted by molar-refractivity contribution is -0.127. The van der Waals surface area contributed by atoms with Gasteiger partial charge in [-0.15, -0.1) is 0 Å². The Morgan fingerprint density at radius 2 is 2.10 bits per heavy atom. The van der Waals surface area contributed by atoms with Crippen LogP contribution in [0.5, 0.6) is 0 Å². The van der Waals surface area contributed by atoms with Gasteiger partial charge in [0, 0.05) is 30.7 Å². The van der Waals surface area contributed by atoms with Crippen LogP contribution < -0.4 is 5.32 Å². The zero-order valence-electron chi connectivity index (χ0n) is 11.1. The molecule has 1 N–H and O–H groups in total. The first-order chi connectivity index (χ1) is 9.51. The lowest BCUT2D eigenvalue weighted by atomic mass is 10.2. The molecule has 1 atom stereocenters. The predicted octanol–water partition coefficient (Wildman–Crippen LogP) is 2.34. The first kappa shape index (κ1) is 15.1. The van der Waals surface area contributed by atoms with E-state index in [0.717, 1.165) is 4.47 Å². The molecule has 1 aromatic carbocycles. The number of aliphatic imine (C=N–C) groups is 1. The minimum Gasteiger partial charge on any atom is -0.326 e. The first-order valence-corrected chi connectivity index (χ1v) is 7.65. The maximum absolute atomic E-state index is 12.0. The summed E-state index contributed by atoms with van der Waals surface area (Å²) in [4.78, 5) is 29.4. The van der Waals surface area contributed by atoms with Crippen molar-refractivity contribution in [3.05, 3.63) is 28.7 Å². The Hall–Kier alpha value is -1.34. The van der Waals surface area contributed by atoms with E-state index < -0.39 is 5.25 Å². The molecular formula is C13H14BrN3O2S. The van der Waals surface area contributed by atoms with Crippen LogP contribution in [-0.2, 0) is 9.59 Å². The Morgan fingerprint density at radius 3 is 2.65 bits per heavy atom. The van der Waals surface area contributed by atoms with Crippen LogP contribution in [0.2, 0.25) is 0 Å². The summed E-state index contributed by atoms with van der Waals surface area (Å²) < 4.78 is 0.947. The molecule has 1 saturated heterocycles. The standard InChI is InChI=1S/C13H14BrN3O2S/c1-15-13-17(2)12(19)10(20-13)7-11(18)16-9-5-3-8(14)4-6-9/h3-6,10H,7H2,1-2H3,(H,16,18). The molecule has 20 heavy (non-hydrogen) atoms. The Kier molecular flexibility index (Phi) is 4.82. The molecule has 1 aliphatic rings. The number of anilines is 1. The van der Waals surface area contributed by atoms with E-state index in [9.17, 15) is 9.59 Å². The van der Waals surface area contributed by atoms with Crippen molar-refractivity contribution < 1.29 is 9.59 Å². The molecular weight excluding hydrogens is 342 g/mol. The van der Waals surface area contributed by atoms with Gasteiger partial charge in [0.2, 0.25) is 11.8 Å². The van der Waals surface area contributed by atoms with E-state index >= 15 is 0 Å². The maximum atomic E-state index is 12.0. The Balaban J connectivity index is 1.95. The summed E-state index contributed by atoms with van der Waals surface area (Å²) in [5, 5.41) is 3.04. The van der Waals surface area contributed by atoms with Gasteiger partial charge in [0.05, 0.1) is 0 Å². The van der Waals surface area contributed by atoms with Crippen LogP contribution in [-0.4, -0.2) is 41.2 Å². The number of benzene rings is 1. The molecule has 1 aliphatic heterocycles. The van der Waals surface area contributed by atoms with Gasteiger partial charge in [-0.25, -0.2) is 0 Å². The number of hydrogen-bond donors (Lipinski definition) is 1. The van der Waals surface area contributed by atoms with E-state index in [1.807, 2.05) is 12.1 Å². The van der Waals surface area contributed by atoms with Crippen LogP contribution in [0.1, 0.15) is 6.42 Å². The van der Waals surface area contributed by atoms with E-state index in [1.54, 1.807) is 26.2 Å². The minimum absolute atomic E-state index is 0.0819. The smallest absolute Gasteiger partial charge is 0.242 e. The van der Waals surface area contributed by atoms with Crippen molar-refractivity contribution in [2.24, 2.45) is 4.99 Å². The summed E-state index contributed by atoms with van der Waals surface area (Å²) in [6.45, 7) is 0. The molecule has 0 aromatic heterocycles. The number of hydrogen-bond acceptors (Lipinski definition) is 4. The van der Waals surface area contributed by atoms with Crippen molar-refractivity contribution in [2.75, 3.05) is 19.4 Å².